The first-order valence-electron chi connectivity index (χ1n) is 13.1. The highest BCUT2D eigenvalue weighted by Gasteiger charge is 2.16. The molecule has 0 aliphatic carbocycles. The Morgan fingerprint density at radius 1 is 0.953 bits per heavy atom. The Balaban J connectivity index is 1.54. The molecule has 0 unspecified atom stereocenters. The number of benzene rings is 3. The lowest BCUT2D eigenvalue weighted by Crippen LogP contribution is -2.38. The van der Waals surface area contributed by atoms with Crippen LogP contribution >= 0.6 is 34.2 Å². The summed E-state index contributed by atoms with van der Waals surface area (Å²) in [4.78, 5) is 36.9. The van der Waals surface area contributed by atoms with Gasteiger partial charge in [-0.25, -0.2) is 5.43 Å². The topological polar surface area (TPSA) is 137 Å². The van der Waals surface area contributed by atoms with Crippen molar-refractivity contribution in [1.82, 2.24) is 10.7 Å². The smallest absolute Gasteiger partial charge is 0.329 e. The molecule has 3 rings (SSSR count). The van der Waals surface area contributed by atoms with Crippen LogP contribution in [0.5, 0.6) is 23.0 Å². The maximum Gasteiger partial charge on any atom is 0.329 e. The Kier molecular flexibility index (Phi) is 12.9. The predicted octanol–water partition coefficient (Wildman–Crippen LogP) is 4.50. The fourth-order valence-corrected chi connectivity index (χ4v) is 4.72. The maximum absolute atomic E-state index is 12.5. The molecule has 0 fully saturated rings. The molecule has 3 aromatic rings. The lowest BCUT2D eigenvalue weighted by Gasteiger charge is -2.15. The van der Waals surface area contributed by atoms with E-state index >= 15 is 0 Å². The maximum atomic E-state index is 12.5. The molecular formula is C30H32ClIN4O7. The molecule has 0 heterocycles. The van der Waals surface area contributed by atoms with Crippen LogP contribution in [0.1, 0.15) is 23.6 Å². The van der Waals surface area contributed by atoms with Crippen molar-refractivity contribution < 1.29 is 33.3 Å². The Hall–Kier alpha value is -4.04. The zero-order valence-electron chi connectivity index (χ0n) is 24.1. The number of carbonyl (C=O) groups is 3. The molecule has 228 valence electrons. The number of anilines is 1. The lowest BCUT2D eigenvalue weighted by atomic mass is 10.1. The van der Waals surface area contributed by atoms with E-state index in [2.05, 4.69) is 43.8 Å². The van der Waals surface area contributed by atoms with Gasteiger partial charge >= 0.3 is 11.8 Å². The molecule has 0 saturated heterocycles. The van der Waals surface area contributed by atoms with E-state index < -0.39 is 11.8 Å². The molecule has 3 amide bonds. The summed E-state index contributed by atoms with van der Waals surface area (Å²) >= 11 is 8.08. The number of methoxy groups -OCH3 is 2. The van der Waals surface area contributed by atoms with Gasteiger partial charge in [0.25, 0.3) is 5.91 Å². The van der Waals surface area contributed by atoms with Crippen LogP contribution in [0.2, 0.25) is 5.02 Å². The van der Waals surface area contributed by atoms with E-state index in [4.69, 9.17) is 30.5 Å². The van der Waals surface area contributed by atoms with Gasteiger partial charge in [0.05, 0.1) is 30.6 Å². The van der Waals surface area contributed by atoms with Gasteiger partial charge in [0.1, 0.15) is 0 Å². The molecule has 0 bridgehead atoms. The fraction of sp³-hybridized carbons (Fsp3) is 0.267. The number of amides is 3. The molecule has 0 spiro atoms. The number of nitrogens with one attached hydrogen (secondary N) is 3. The number of hydrazone groups is 1. The number of ether oxygens (including phenoxy) is 4. The number of hydrogen-bond donors (Lipinski definition) is 3. The number of carbonyl (C=O) groups excluding carboxylic acids is 3. The average molecular weight is 723 g/mol. The number of rotatable bonds is 13. The van der Waals surface area contributed by atoms with Gasteiger partial charge in [-0.05, 0) is 95.9 Å². The molecule has 0 aromatic heterocycles. The number of nitrogens with zero attached hydrogens (tertiary/aromatic N) is 1. The highest BCUT2D eigenvalue weighted by atomic mass is 127. The summed E-state index contributed by atoms with van der Waals surface area (Å²) < 4.78 is 22.6. The van der Waals surface area contributed by atoms with Crippen molar-refractivity contribution in [2.75, 3.05) is 39.3 Å². The number of halogens is 2. The molecule has 0 aliphatic rings. The van der Waals surface area contributed by atoms with Crippen molar-refractivity contribution >= 4 is 63.8 Å². The van der Waals surface area contributed by atoms with Gasteiger partial charge in [0.2, 0.25) is 0 Å². The van der Waals surface area contributed by atoms with Crippen molar-refractivity contribution in [2.45, 2.75) is 20.3 Å². The summed E-state index contributed by atoms with van der Waals surface area (Å²) in [6.45, 7) is 4.00. The minimum absolute atomic E-state index is 0.236. The summed E-state index contributed by atoms with van der Waals surface area (Å²) in [6, 6.07) is 14.0. The largest absolute Gasteiger partial charge is 0.493 e. The molecule has 3 N–H and O–H groups in total. The molecule has 3 aromatic carbocycles. The third-order valence-corrected chi connectivity index (χ3v) is 6.92. The Labute approximate surface area is 268 Å². The van der Waals surface area contributed by atoms with E-state index in [1.807, 2.05) is 26.0 Å². The first kappa shape index (κ1) is 33.5. The minimum Gasteiger partial charge on any atom is -0.493 e. The zero-order valence-corrected chi connectivity index (χ0v) is 27.0. The minimum atomic E-state index is -0.913. The van der Waals surface area contributed by atoms with Gasteiger partial charge in [0, 0.05) is 17.3 Å². The van der Waals surface area contributed by atoms with Crippen LogP contribution in [-0.2, 0) is 20.8 Å². The first-order chi connectivity index (χ1) is 20.6. The predicted molar refractivity (Wildman–Crippen MR) is 173 cm³/mol. The van der Waals surface area contributed by atoms with Gasteiger partial charge in [-0.3, -0.25) is 14.4 Å². The van der Waals surface area contributed by atoms with Crippen LogP contribution in [0.25, 0.3) is 0 Å². The van der Waals surface area contributed by atoms with Crippen molar-refractivity contribution in [2.24, 2.45) is 5.10 Å². The van der Waals surface area contributed by atoms with Crippen molar-refractivity contribution in [1.29, 1.82) is 0 Å². The monoisotopic (exact) mass is 722 g/mol. The quantitative estimate of drug-likeness (QED) is 0.102. The van der Waals surface area contributed by atoms with Crippen LogP contribution in [0.3, 0.4) is 0 Å². The van der Waals surface area contributed by atoms with E-state index in [0.717, 1.165) is 11.1 Å². The van der Waals surface area contributed by atoms with Crippen LogP contribution < -0.4 is 35.0 Å². The van der Waals surface area contributed by atoms with Crippen LogP contribution in [0.4, 0.5) is 5.69 Å². The first-order valence-corrected chi connectivity index (χ1v) is 14.6. The fourth-order valence-electron chi connectivity index (χ4n) is 3.77. The van der Waals surface area contributed by atoms with Gasteiger partial charge in [-0.1, -0.05) is 23.7 Å². The van der Waals surface area contributed by atoms with Crippen molar-refractivity contribution in [3.05, 3.63) is 73.8 Å². The second-order valence-corrected chi connectivity index (χ2v) is 10.6. The second kappa shape index (κ2) is 16.6. The lowest BCUT2D eigenvalue weighted by molar-refractivity contribution is -0.139. The number of aryl methyl sites for hydroxylation is 1. The Bertz CT molecular complexity index is 1500. The van der Waals surface area contributed by atoms with Crippen LogP contribution in [-0.4, -0.2) is 57.9 Å². The average Bonchev–Trinajstić information content (AvgIpc) is 2.98. The summed E-state index contributed by atoms with van der Waals surface area (Å²) in [6.07, 6.45) is 1.86. The third-order valence-electron chi connectivity index (χ3n) is 5.89. The molecule has 11 nitrogen and oxygen atoms in total. The summed E-state index contributed by atoms with van der Waals surface area (Å²) in [5, 5.41) is 9.74. The molecule has 0 atom stereocenters. The van der Waals surface area contributed by atoms with Gasteiger partial charge in [-0.15, -0.1) is 0 Å². The molecule has 43 heavy (non-hydrogen) atoms. The van der Waals surface area contributed by atoms with E-state index in [9.17, 15) is 14.4 Å². The zero-order chi connectivity index (χ0) is 31.4. The van der Waals surface area contributed by atoms with Crippen molar-refractivity contribution in [3.8, 4) is 23.0 Å². The van der Waals surface area contributed by atoms with Crippen LogP contribution in [0.15, 0.2) is 53.6 Å². The highest BCUT2D eigenvalue weighted by molar-refractivity contribution is 14.1. The Morgan fingerprint density at radius 2 is 1.72 bits per heavy atom. The molecular weight excluding hydrogens is 691 g/mol. The van der Waals surface area contributed by atoms with Crippen LogP contribution in [0, 0.1) is 10.5 Å². The van der Waals surface area contributed by atoms with E-state index in [-0.39, 0.29) is 19.1 Å². The highest BCUT2D eigenvalue weighted by Crippen LogP contribution is 2.34. The SMILES string of the molecule is CCOc1cc(/C=N\NC(=O)C(=O)NCCc2ccc(OC)c(OC)c2)cc(I)c1OCC(=O)Nc1cc(Cl)ccc1C. The summed E-state index contributed by atoms with van der Waals surface area (Å²) in [5.74, 6) is -0.141. The third kappa shape index (κ3) is 10.0. The van der Waals surface area contributed by atoms with E-state index in [0.29, 0.717) is 55.9 Å². The molecule has 0 aliphatic heterocycles. The van der Waals surface area contributed by atoms with E-state index in [1.165, 1.54) is 6.21 Å². The van der Waals surface area contributed by atoms with Gasteiger partial charge in [0.15, 0.2) is 29.6 Å². The van der Waals surface area contributed by atoms with Gasteiger partial charge < -0.3 is 29.6 Å². The van der Waals surface area contributed by atoms with E-state index in [1.54, 1.807) is 50.6 Å². The standard InChI is InChI=1S/C30H32ClIN4O7/c1-5-42-26-14-20(12-22(32)28(26)43-17-27(37)35-23-15-21(31)8-6-18(23)2)16-34-36-30(39)29(38)33-11-10-19-7-9-24(40-3)25(13-19)41-4/h6-9,12-16H,5,10-11,17H2,1-4H3,(H,33,38)(H,35,37)(H,36,39)/b34-16-. The van der Waals surface area contributed by atoms with Gasteiger partial charge in [-0.2, -0.15) is 5.10 Å². The molecule has 0 radical (unpaired) electrons. The second-order valence-electron chi connectivity index (χ2n) is 8.95. The molecule has 0 saturated carbocycles. The Morgan fingerprint density at radius 3 is 2.44 bits per heavy atom. The summed E-state index contributed by atoms with van der Waals surface area (Å²) in [7, 11) is 3.09. The number of hydrogen-bond acceptors (Lipinski definition) is 8. The molecule has 13 heteroatoms. The van der Waals surface area contributed by atoms with Crippen molar-refractivity contribution in [3.63, 3.8) is 0 Å². The summed E-state index contributed by atoms with van der Waals surface area (Å²) in [5.41, 5.74) is 5.16. The normalized spacial score (nSPS) is 10.7.